The van der Waals surface area contributed by atoms with Crippen molar-refractivity contribution in [3.8, 4) is 5.82 Å². The fourth-order valence-corrected chi connectivity index (χ4v) is 1.47. The quantitative estimate of drug-likeness (QED) is 0.777. The third-order valence-corrected chi connectivity index (χ3v) is 2.20. The van der Waals surface area contributed by atoms with Crippen molar-refractivity contribution < 1.29 is 0 Å². The first-order valence-electron chi connectivity index (χ1n) is 4.08. The molecule has 0 aromatic carbocycles. The van der Waals surface area contributed by atoms with Crippen molar-refractivity contribution in [1.29, 1.82) is 0 Å². The van der Waals surface area contributed by atoms with Crippen molar-refractivity contribution in [3.63, 3.8) is 0 Å². The van der Waals surface area contributed by atoms with Gasteiger partial charge in [0.1, 0.15) is 10.8 Å². The first kappa shape index (κ1) is 10.2. The zero-order valence-electron chi connectivity index (χ0n) is 7.78. The van der Waals surface area contributed by atoms with E-state index in [0.717, 1.165) is 5.69 Å². The summed E-state index contributed by atoms with van der Waals surface area (Å²) >= 11 is 11.6. The van der Waals surface area contributed by atoms with Crippen LogP contribution in [0.2, 0.25) is 10.3 Å². The second-order valence-electron chi connectivity index (χ2n) is 2.93. The smallest absolute Gasteiger partial charge is 0.224 e. The molecule has 7 heteroatoms. The number of nitrogens with two attached hydrogens (primary N) is 1. The molecule has 0 saturated carbocycles. The van der Waals surface area contributed by atoms with Crippen LogP contribution in [0.25, 0.3) is 5.82 Å². The molecular formula is C8H7Cl2N5. The average Bonchev–Trinajstić information content (AvgIpc) is 2.50. The topological polar surface area (TPSA) is 69.6 Å². The van der Waals surface area contributed by atoms with E-state index in [-0.39, 0.29) is 5.28 Å². The van der Waals surface area contributed by atoms with Crippen LogP contribution >= 0.6 is 23.2 Å². The SMILES string of the molecule is Cc1cc(N)n(-c2nc(Cl)ncc2Cl)n1. The van der Waals surface area contributed by atoms with Gasteiger partial charge in [0.25, 0.3) is 0 Å². The van der Waals surface area contributed by atoms with Crippen LogP contribution in [0.4, 0.5) is 5.82 Å². The van der Waals surface area contributed by atoms with E-state index in [1.54, 1.807) is 6.07 Å². The molecule has 0 saturated heterocycles. The van der Waals surface area contributed by atoms with Gasteiger partial charge in [0.2, 0.25) is 5.28 Å². The Balaban J connectivity index is 2.62. The summed E-state index contributed by atoms with van der Waals surface area (Å²) in [5.41, 5.74) is 6.51. The van der Waals surface area contributed by atoms with E-state index in [4.69, 9.17) is 28.9 Å². The predicted molar refractivity (Wildman–Crippen MR) is 58.3 cm³/mol. The van der Waals surface area contributed by atoms with Crippen LogP contribution in [0.3, 0.4) is 0 Å². The summed E-state index contributed by atoms with van der Waals surface area (Å²) in [6.07, 6.45) is 1.41. The lowest BCUT2D eigenvalue weighted by molar-refractivity contribution is 0.835. The second-order valence-corrected chi connectivity index (χ2v) is 3.68. The third-order valence-electron chi connectivity index (χ3n) is 1.76. The summed E-state index contributed by atoms with van der Waals surface area (Å²) in [5, 5.41) is 4.58. The lowest BCUT2D eigenvalue weighted by Crippen LogP contribution is -2.05. The number of nitrogen functional groups attached to an aromatic ring is 1. The van der Waals surface area contributed by atoms with Crippen molar-refractivity contribution in [2.75, 3.05) is 5.73 Å². The van der Waals surface area contributed by atoms with Crippen LogP contribution in [0.1, 0.15) is 5.69 Å². The average molecular weight is 244 g/mol. The fourth-order valence-electron chi connectivity index (χ4n) is 1.18. The second kappa shape index (κ2) is 3.67. The zero-order chi connectivity index (χ0) is 11.0. The van der Waals surface area contributed by atoms with Crippen LogP contribution in [0.15, 0.2) is 12.3 Å². The van der Waals surface area contributed by atoms with Crippen LogP contribution < -0.4 is 5.73 Å². The highest BCUT2D eigenvalue weighted by Crippen LogP contribution is 2.21. The number of rotatable bonds is 1. The Labute approximate surface area is 95.8 Å². The molecule has 5 nitrogen and oxygen atoms in total. The first-order valence-corrected chi connectivity index (χ1v) is 4.84. The highest BCUT2D eigenvalue weighted by Gasteiger charge is 2.11. The number of anilines is 1. The maximum Gasteiger partial charge on any atom is 0.224 e. The number of hydrogen-bond donors (Lipinski definition) is 1. The summed E-state index contributed by atoms with van der Waals surface area (Å²) in [6, 6.07) is 1.71. The summed E-state index contributed by atoms with van der Waals surface area (Å²) in [5.74, 6) is 0.825. The molecular weight excluding hydrogens is 237 g/mol. The summed E-state index contributed by atoms with van der Waals surface area (Å²) in [6.45, 7) is 1.82. The number of nitrogens with zero attached hydrogens (tertiary/aromatic N) is 4. The molecule has 78 valence electrons. The van der Waals surface area contributed by atoms with Gasteiger partial charge in [-0.05, 0) is 18.5 Å². The Morgan fingerprint density at radius 3 is 2.73 bits per heavy atom. The monoisotopic (exact) mass is 243 g/mol. The number of halogens is 2. The van der Waals surface area contributed by atoms with Crippen molar-refractivity contribution in [1.82, 2.24) is 19.7 Å². The maximum atomic E-state index is 5.91. The van der Waals surface area contributed by atoms with E-state index >= 15 is 0 Å². The standard InChI is InChI=1S/C8H7Cl2N5/c1-4-2-6(11)15(14-4)7-5(9)3-12-8(10)13-7/h2-3H,11H2,1H3. The highest BCUT2D eigenvalue weighted by molar-refractivity contribution is 6.32. The van der Waals surface area contributed by atoms with Gasteiger partial charge in [-0.15, -0.1) is 0 Å². The molecule has 0 aliphatic rings. The van der Waals surface area contributed by atoms with Gasteiger partial charge in [-0.2, -0.15) is 14.8 Å². The highest BCUT2D eigenvalue weighted by atomic mass is 35.5. The van der Waals surface area contributed by atoms with E-state index in [1.807, 2.05) is 6.92 Å². The van der Waals surface area contributed by atoms with Gasteiger partial charge in [0, 0.05) is 6.07 Å². The van der Waals surface area contributed by atoms with Crippen LogP contribution in [-0.2, 0) is 0 Å². The van der Waals surface area contributed by atoms with Crippen molar-refractivity contribution >= 4 is 29.0 Å². The molecule has 2 rings (SSSR count). The normalized spacial score (nSPS) is 10.6. The molecule has 0 unspecified atom stereocenters. The molecule has 0 spiro atoms. The summed E-state index contributed by atoms with van der Waals surface area (Å²) < 4.78 is 1.42. The van der Waals surface area contributed by atoms with Gasteiger partial charge in [0.15, 0.2) is 5.82 Å². The Bertz CT molecular complexity index is 508. The van der Waals surface area contributed by atoms with Crippen LogP contribution in [0, 0.1) is 6.92 Å². The number of hydrogen-bond acceptors (Lipinski definition) is 4. The Morgan fingerprint density at radius 2 is 2.13 bits per heavy atom. The van der Waals surface area contributed by atoms with Gasteiger partial charge in [-0.3, -0.25) is 0 Å². The van der Waals surface area contributed by atoms with E-state index < -0.39 is 0 Å². The van der Waals surface area contributed by atoms with E-state index in [1.165, 1.54) is 10.9 Å². The van der Waals surface area contributed by atoms with Gasteiger partial charge in [-0.1, -0.05) is 11.6 Å². The van der Waals surface area contributed by atoms with Crippen molar-refractivity contribution in [2.24, 2.45) is 0 Å². The predicted octanol–water partition coefficient (Wildman–Crippen LogP) is 1.86. The lowest BCUT2D eigenvalue weighted by Gasteiger charge is -2.04. The van der Waals surface area contributed by atoms with E-state index in [2.05, 4.69) is 15.1 Å². The van der Waals surface area contributed by atoms with Crippen molar-refractivity contribution in [3.05, 3.63) is 28.3 Å². The van der Waals surface area contributed by atoms with Gasteiger partial charge in [0.05, 0.1) is 11.9 Å². The van der Waals surface area contributed by atoms with E-state index in [9.17, 15) is 0 Å². The van der Waals surface area contributed by atoms with Crippen LogP contribution in [0.5, 0.6) is 0 Å². The van der Waals surface area contributed by atoms with Crippen molar-refractivity contribution in [2.45, 2.75) is 6.92 Å². The molecule has 0 atom stereocenters. The molecule has 2 N–H and O–H groups in total. The minimum Gasteiger partial charge on any atom is -0.384 e. The fraction of sp³-hybridized carbons (Fsp3) is 0.125. The molecule has 2 aromatic rings. The van der Waals surface area contributed by atoms with Gasteiger partial charge >= 0.3 is 0 Å². The maximum absolute atomic E-state index is 5.91. The molecule has 0 aliphatic heterocycles. The third kappa shape index (κ3) is 1.88. The molecule has 2 heterocycles. The van der Waals surface area contributed by atoms with Gasteiger partial charge in [-0.25, -0.2) is 4.98 Å². The largest absolute Gasteiger partial charge is 0.384 e. The Hall–Kier alpha value is -1.33. The zero-order valence-corrected chi connectivity index (χ0v) is 9.29. The molecule has 0 aliphatic carbocycles. The minimum atomic E-state index is 0.0990. The number of aromatic nitrogens is 4. The Morgan fingerprint density at radius 1 is 1.40 bits per heavy atom. The summed E-state index contributed by atoms with van der Waals surface area (Å²) in [7, 11) is 0. The molecule has 0 amide bonds. The molecule has 2 aromatic heterocycles. The lowest BCUT2D eigenvalue weighted by atomic mass is 10.5. The Kier molecular flexibility index (Phi) is 2.50. The molecule has 0 fully saturated rings. The van der Waals surface area contributed by atoms with E-state index in [0.29, 0.717) is 16.7 Å². The van der Waals surface area contributed by atoms with Gasteiger partial charge < -0.3 is 5.73 Å². The first-order chi connectivity index (χ1) is 7.08. The molecule has 0 bridgehead atoms. The molecule has 0 radical (unpaired) electrons. The van der Waals surface area contributed by atoms with Crippen LogP contribution in [-0.4, -0.2) is 19.7 Å². The minimum absolute atomic E-state index is 0.0990. The molecule has 15 heavy (non-hydrogen) atoms. The number of aryl methyl sites for hydroxylation is 1. The summed E-state index contributed by atoms with van der Waals surface area (Å²) in [4.78, 5) is 7.70.